The van der Waals surface area contributed by atoms with Crippen LogP contribution >= 0.6 is 0 Å². The van der Waals surface area contributed by atoms with Gasteiger partial charge >= 0.3 is 5.92 Å². The van der Waals surface area contributed by atoms with Crippen molar-refractivity contribution in [1.29, 1.82) is 0 Å². The van der Waals surface area contributed by atoms with Crippen molar-refractivity contribution in [3.63, 3.8) is 0 Å². The summed E-state index contributed by atoms with van der Waals surface area (Å²) in [5.74, 6) is -5.82. The lowest BCUT2D eigenvalue weighted by Crippen LogP contribution is -2.25. The molecule has 1 rings (SSSR count). The first-order valence-corrected chi connectivity index (χ1v) is 3.16. The highest BCUT2D eigenvalue weighted by Gasteiger charge is 2.37. The summed E-state index contributed by atoms with van der Waals surface area (Å²) in [6.45, 7) is -2.10. The van der Waals surface area contributed by atoms with Gasteiger partial charge in [-0.2, -0.15) is 13.2 Å². The van der Waals surface area contributed by atoms with Crippen molar-refractivity contribution >= 4 is 0 Å². The molecule has 0 aliphatic rings. The molecule has 72 valence electrons. The van der Waals surface area contributed by atoms with E-state index in [0.717, 1.165) is 0 Å². The van der Waals surface area contributed by atoms with Crippen LogP contribution in [0.15, 0.2) is 11.1 Å². The SMILES string of the molecule is O=c1[nH]cnc(C(F)(F)CF)c1F. The fraction of sp³-hybridized carbons (Fsp3) is 0.333. The van der Waals surface area contributed by atoms with Crippen molar-refractivity contribution in [1.82, 2.24) is 9.97 Å². The molecule has 0 bridgehead atoms. The second-order valence-corrected chi connectivity index (χ2v) is 2.23. The van der Waals surface area contributed by atoms with Crippen LogP contribution in [0.4, 0.5) is 17.6 Å². The molecule has 0 aromatic carbocycles. The number of hydrogen-bond donors (Lipinski definition) is 1. The number of rotatable bonds is 2. The average molecular weight is 196 g/mol. The molecule has 13 heavy (non-hydrogen) atoms. The first-order chi connectivity index (χ1) is 5.99. The second-order valence-electron chi connectivity index (χ2n) is 2.23. The third kappa shape index (κ3) is 1.68. The topological polar surface area (TPSA) is 45.8 Å². The number of nitrogens with zero attached hydrogens (tertiary/aromatic N) is 1. The maximum atomic E-state index is 12.6. The van der Waals surface area contributed by atoms with E-state index in [1.165, 1.54) is 0 Å². The van der Waals surface area contributed by atoms with Crippen molar-refractivity contribution in [2.24, 2.45) is 0 Å². The van der Waals surface area contributed by atoms with E-state index < -0.39 is 29.7 Å². The molecule has 1 N–H and O–H groups in total. The van der Waals surface area contributed by atoms with E-state index in [-0.39, 0.29) is 0 Å². The first kappa shape index (κ1) is 9.69. The number of alkyl halides is 3. The molecule has 0 saturated carbocycles. The Morgan fingerprint density at radius 3 is 2.69 bits per heavy atom. The molecule has 0 aliphatic carbocycles. The van der Waals surface area contributed by atoms with Crippen LogP contribution in [0.25, 0.3) is 0 Å². The van der Waals surface area contributed by atoms with E-state index in [4.69, 9.17) is 0 Å². The Balaban J connectivity index is 3.31. The fourth-order valence-electron chi connectivity index (χ4n) is 0.701. The van der Waals surface area contributed by atoms with Crippen LogP contribution in [0, 0.1) is 5.82 Å². The van der Waals surface area contributed by atoms with Gasteiger partial charge in [0.1, 0.15) is 0 Å². The Labute approximate surface area is 69.4 Å². The van der Waals surface area contributed by atoms with Crippen LogP contribution in [-0.2, 0) is 5.92 Å². The van der Waals surface area contributed by atoms with Crippen LogP contribution < -0.4 is 5.56 Å². The van der Waals surface area contributed by atoms with E-state index >= 15 is 0 Å². The first-order valence-electron chi connectivity index (χ1n) is 3.16. The molecule has 1 aromatic heterocycles. The molecule has 1 aromatic rings. The van der Waals surface area contributed by atoms with E-state index in [9.17, 15) is 22.4 Å². The van der Waals surface area contributed by atoms with E-state index in [0.29, 0.717) is 6.33 Å². The van der Waals surface area contributed by atoms with Gasteiger partial charge in [0.25, 0.3) is 5.56 Å². The number of aromatic amines is 1. The molecule has 0 aliphatic heterocycles. The normalized spacial score (nSPS) is 11.7. The van der Waals surface area contributed by atoms with Crippen molar-refractivity contribution in [2.45, 2.75) is 5.92 Å². The highest BCUT2D eigenvalue weighted by atomic mass is 19.3. The lowest BCUT2D eigenvalue weighted by molar-refractivity contribution is -0.0358. The average Bonchev–Trinajstić information content (AvgIpc) is 2.09. The monoisotopic (exact) mass is 196 g/mol. The van der Waals surface area contributed by atoms with Gasteiger partial charge in [-0.15, -0.1) is 0 Å². The third-order valence-electron chi connectivity index (χ3n) is 1.31. The molecule has 3 nitrogen and oxygen atoms in total. The summed E-state index contributed by atoms with van der Waals surface area (Å²) >= 11 is 0. The molecule has 1 heterocycles. The summed E-state index contributed by atoms with van der Waals surface area (Å²) in [6, 6.07) is 0. The molecule has 0 atom stereocenters. The van der Waals surface area contributed by atoms with E-state index in [2.05, 4.69) is 4.98 Å². The summed E-state index contributed by atoms with van der Waals surface area (Å²) in [7, 11) is 0. The number of hydrogen-bond acceptors (Lipinski definition) is 2. The molecule has 0 saturated heterocycles. The number of aromatic nitrogens is 2. The minimum Gasteiger partial charge on any atom is -0.311 e. The number of nitrogens with one attached hydrogen (secondary N) is 1. The van der Waals surface area contributed by atoms with Gasteiger partial charge < -0.3 is 4.98 Å². The van der Waals surface area contributed by atoms with Crippen LogP contribution in [-0.4, -0.2) is 16.6 Å². The van der Waals surface area contributed by atoms with Gasteiger partial charge in [0, 0.05) is 0 Å². The molecule has 0 spiro atoms. The molecule has 0 amide bonds. The minimum absolute atomic E-state index is 0.588. The molecule has 0 fully saturated rings. The quantitative estimate of drug-likeness (QED) is 0.716. The number of H-pyrrole nitrogens is 1. The largest absolute Gasteiger partial charge is 0.320 e. The standard InChI is InChI=1S/C6H4F4N2O/c7-1-6(9,10)4-3(8)5(13)12-2-11-4/h2H,1H2,(H,11,12,13). The molecular formula is C6H4F4N2O. The van der Waals surface area contributed by atoms with Gasteiger partial charge in [-0.3, -0.25) is 4.79 Å². The Morgan fingerprint density at radius 2 is 2.15 bits per heavy atom. The Hall–Kier alpha value is -1.40. The van der Waals surface area contributed by atoms with Gasteiger partial charge in [-0.1, -0.05) is 0 Å². The second kappa shape index (κ2) is 3.15. The maximum absolute atomic E-state index is 12.6. The molecule has 0 radical (unpaired) electrons. The Bertz CT molecular complexity index is 362. The van der Waals surface area contributed by atoms with Gasteiger partial charge in [0.15, 0.2) is 12.4 Å². The number of halogens is 4. The minimum atomic E-state index is -4.06. The van der Waals surface area contributed by atoms with Gasteiger partial charge in [-0.25, -0.2) is 9.37 Å². The summed E-state index contributed by atoms with van der Waals surface area (Å²) in [5.41, 5.74) is -2.82. The third-order valence-corrected chi connectivity index (χ3v) is 1.31. The maximum Gasteiger partial charge on any atom is 0.320 e. The predicted octanol–water partition coefficient (Wildman–Crippen LogP) is 0.970. The highest BCUT2D eigenvalue weighted by molar-refractivity contribution is 5.09. The van der Waals surface area contributed by atoms with Crippen molar-refractivity contribution in [3.8, 4) is 0 Å². The van der Waals surface area contributed by atoms with Gasteiger partial charge in [0.2, 0.25) is 5.82 Å². The van der Waals surface area contributed by atoms with Crippen molar-refractivity contribution in [3.05, 3.63) is 28.2 Å². The zero-order valence-electron chi connectivity index (χ0n) is 6.15. The molecule has 7 heteroatoms. The van der Waals surface area contributed by atoms with E-state index in [1.54, 1.807) is 4.98 Å². The van der Waals surface area contributed by atoms with Crippen LogP contribution in [0.1, 0.15) is 5.69 Å². The lowest BCUT2D eigenvalue weighted by Gasteiger charge is -2.10. The zero-order chi connectivity index (χ0) is 10.1. The smallest absolute Gasteiger partial charge is 0.311 e. The fourth-order valence-corrected chi connectivity index (χ4v) is 0.701. The predicted molar refractivity (Wildman–Crippen MR) is 34.7 cm³/mol. The Kier molecular flexibility index (Phi) is 2.35. The van der Waals surface area contributed by atoms with Crippen LogP contribution in [0.2, 0.25) is 0 Å². The van der Waals surface area contributed by atoms with Gasteiger partial charge in [0.05, 0.1) is 6.33 Å². The summed E-state index contributed by atoms with van der Waals surface area (Å²) in [5, 5.41) is 0. The highest BCUT2D eigenvalue weighted by Crippen LogP contribution is 2.26. The van der Waals surface area contributed by atoms with Crippen molar-refractivity contribution < 1.29 is 17.6 Å². The van der Waals surface area contributed by atoms with Crippen LogP contribution in [0.5, 0.6) is 0 Å². The summed E-state index contributed by atoms with van der Waals surface area (Å²) in [6.07, 6.45) is 0.588. The molecule has 0 unspecified atom stereocenters. The van der Waals surface area contributed by atoms with Gasteiger partial charge in [-0.05, 0) is 0 Å². The van der Waals surface area contributed by atoms with Crippen molar-refractivity contribution in [2.75, 3.05) is 6.67 Å². The zero-order valence-corrected chi connectivity index (χ0v) is 6.15. The summed E-state index contributed by atoms with van der Waals surface area (Å²) in [4.78, 5) is 15.1. The lowest BCUT2D eigenvalue weighted by atomic mass is 10.2. The van der Waals surface area contributed by atoms with Crippen LogP contribution in [0.3, 0.4) is 0 Å². The van der Waals surface area contributed by atoms with E-state index in [1.807, 2.05) is 0 Å². The molecular weight excluding hydrogens is 192 g/mol. The Morgan fingerprint density at radius 1 is 1.54 bits per heavy atom. The summed E-state index contributed by atoms with van der Waals surface area (Å²) < 4.78 is 49.3.